The Kier molecular flexibility index (Phi) is 4.15. The summed E-state index contributed by atoms with van der Waals surface area (Å²) in [6, 6.07) is 9.11. The molecular weight excluding hydrogens is 283 g/mol. The van der Waals surface area contributed by atoms with E-state index in [1.165, 1.54) is 12.1 Å². The Morgan fingerprint density at radius 1 is 1.05 bits per heavy atom. The standard InChI is InChI=1S/C15H10ClFO3/c16-10-3-1-9(2-4-10)14(19)8-15(20)12-7-11(17)5-6-13(12)18/h1-7,18H,8H2. The number of phenolic OH excluding ortho intramolecular Hbond substituents is 1. The lowest BCUT2D eigenvalue weighted by atomic mass is 10.0. The summed E-state index contributed by atoms with van der Waals surface area (Å²) < 4.78 is 13.0. The van der Waals surface area contributed by atoms with E-state index in [9.17, 15) is 19.1 Å². The maximum Gasteiger partial charge on any atom is 0.174 e. The van der Waals surface area contributed by atoms with Gasteiger partial charge < -0.3 is 5.11 Å². The van der Waals surface area contributed by atoms with Gasteiger partial charge in [0.25, 0.3) is 0 Å². The Balaban J connectivity index is 2.17. The minimum Gasteiger partial charge on any atom is -0.507 e. The minimum absolute atomic E-state index is 0.202. The quantitative estimate of drug-likeness (QED) is 0.691. The van der Waals surface area contributed by atoms with Crippen molar-refractivity contribution in [1.29, 1.82) is 0 Å². The molecule has 0 bridgehead atoms. The zero-order valence-corrected chi connectivity index (χ0v) is 11.0. The molecular formula is C15H10ClFO3. The van der Waals surface area contributed by atoms with E-state index in [0.29, 0.717) is 10.6 Å². The molecule has 20 heavy (non-hydrogen) atoms. The van der Waals surface area contributed by atoms with Crippen LogP contribution in [0.1, 0.15) is 27.1 Å². The van der Waals surface area contributed by atoms with E-state index in [-0.39, 0.29) is 11.3 Å². The second-order valence-corrected chi connectivity index (χ2v) is 4.63. The molecule has 0 amide bonds. The van der Waals surface area contributed by atoms with Gasteiger partial charge in [-0.15, -0.1) is 0 Å². The van der Waals surface area contributed by atoms with Crippen molar-refractivity contribution in [2.24, 2.45) is 0 Å². The average Bonchev–Trinajstić information content (AvgIpc) is 2.42. The van der Waals surface area contributed by atoms with Gasteiger partial charge in [0.1, 0.15) is 11.6 Å². The number of hydrogen-bond donors (Lipinski definition) is 1. The topological polar surface area (TPSA) is 54.4 Å². The third-order valence-electron chi connectivity index (χ3n) is 2.75. The van der Waals surface area contributed by atoms with Crippen LogP contribution in [0.4, 0.5) is 4.39 Å². The fourth-order valence-electron chi connectivity index (χ4n) is 1.71. The molecule has 2 aromatic carbocycles. The summed E-state index contributed by atoms with van der Waals surface area (Å²) in [4.78, 5) is 23.8. The zero-order chi connectivity index (χ0) is 14.7. The monoisotopic (exact) mass is 292 g/mol. The summed E-state index contributed by atoms with van der Waals surface area (Å²) >= 11 is 5.70. The molecule has 3 nitrogen and oxygen atoms in total. The molecule has 0 radical (unpaired) electrons. The van der Waals surface area contributed by atoms with Crippen LogP contribution in [0.5, 0.6) is 5.75 Å². The van der Waals surface area contributed by atoms with Gasteiger partial charge in [0, 0.05) is 10.6 Å². The number of aromatic hydroxyl groups is 1. The van der Waals surface area contributed by atoms with Crippen LogP contribution >= 0.6 is 11.6 Å². The highest BCUT2D eigenvalue weighted by atomic mass is 35.5. The summed E-state index contributed by atoms with van der Waals surface area (Å²) in [6.45, 7) is 0. The first-order valence-corrected chi connectivity index (χ1v) is 6.15. The molecule has 0 aliphatic carbocycles. The molecule has 0 saturated heterocycles. The molecule has 2 rings (SSSR count). The normalized spacial score (nSPS) is 10.3. The SMILES string of the molecule is O=C(CC(=O)c1cc(F)ccc1O)c1ccc(Cl)cc1. The fourth-order valence-corrected chi connectivity index (χ4v) is 1.84. The third kappa shape index (κ3) is 3.22. The lowest BCUT2D eigenvalue weighted by Crippen LogP contribution is -2.09. The molecule has 0 aliphatic heterocycles. The van der Waals surface area contributed by atoms with E-state index in [2.05, 4.69) is 0 Å². The van der Waals surface area contributed by atoms with Crippen LogP contribution in [0.25, 0.3) is 0 Å². The molecule has 0 aliphatic rings. The molecule has 0 heterocycles. The Hall–Kier alpha value is -2.20. The first kappa shape index (κ1) is 14.2. The van der Waals surface area contributed by atoms with Crippen molar-refractivity contribution in [3.05, 3.63) is 64.4 Å². The highest BCUT2D eigenvalue weighted by Crippen LogP contribution is 2.20. The van der Waals surface area contributed by atoms with Crippen LogP contribution < -0.4 is 0 Å². The third-order valence-corrected chi connectivity index (χ3v) is 3.00. The predicted molar refractivity (Wildman–Crippen MR) is 72.8 cm³/mol. The Labute approximate surface area is 119 Å². The zero-order valence-electron chi connectivity index (χ0n) is 10.3. The van der Waals surface area contributed by atoms with Crippen molar-refractivity contribution in [3.8, 4) is 5.75 Å². The van der Waals surface area contributed by atoms with Crippen molar-refractivity contribution in [2.45, 2.75) is 6.42 Å². The summed E-state index contributed by atoms with van der Waals surface area (Å²) in [5, 5.41) is 9.99. The maximum atomic E-state index is 13.0. The van der Waals surface area contributed by atoms with E-state index in [4.69, 9.17) is 11.6 Å². The molecule has 0 spiro atoms. The summed E-state index contributed by atoms with van der Waals surface area (Å²) in [5.41, 5.74) is 0.131. The average molecular weight is 293 g/mol. The molecule has 5 heteroatoms. The second kappa shape index (κ2) is 5.84. The smallest absolute Gasteiger partial charge is 0.174 e. The van der Waals surface area contributed by atoms with Crippen molar-refractivity contribution < 1.29 is 19.1 Å². The highest BCUT2D eigenvalue weighted by molar-refractivity contribution is 6.30. The van der Waals surface area contributed by atoms with Gasteiger partial charge in [-0.3, -0.25) is 9.59 Å². The van der Waals surface area contributed by atoms with Gasteiger partial charge in [-0.1, -0.05) is 11.6 Å². The Morgan fingerprint density at radius 3 is 2.35 bits per heavy atom. The van der Waals surface area contributed by atoms with Gasteiger partial charge in [-0.2, -0.15) is 0 Å². The Bertz CT molecular complexity index is 665. The van der Waals surface area contributed by atoms with E-state index in [1.54, 1.807) is 12.1 Å². The summed E-state index contributed by atoms with van der Waals surface area (Å²) in [5.74, 6) is -2.05. The molecule has 0 atom stereocenters. The first-order chi connectivity index (χ1) is 9.47. The van der Waals surface area contributed by atoms with Crippen molar-refractivity contribution in [2.75, 3.05) is 0 Å². The largest absolute Gasteiger partial charge is 0.507 e. The van der Waals surface area contributed by atoms with Gasteiger partial charge in [-0.25, -0.2) is 4.39 Å². The number of carbonyl (C=O) groups excluding carboxylic acids is 2. The number of Topliss-reactive ketones (excluding diaryl/α,β-unsaturated/α-hetero) is 2. The van der Waals surface area contributed by atoms with Gasteiger partial charge in [0.05, 0.1) is 12.0 Å². The number of benzene rings is 2. The van der Waals surface area contributed by atoms with Crippen molar-refractivity contribution in [3.63, 3.8) is 0 Å². The van der Waals surface area contributed by atoms with Gasteiger partial charge in [0.2, 0.25) is 0 Å². The number of phenols is 1. The number of hydrogen-bond acceptors (Lipinski definition) is 3. The fraction of sp³-hybridized carbons (Fsp3) is 0.0667. The predicted octanol–water partition coefficient (Wildman–Crippen LogP) is 3.64. The van der Waals surface area contributed by atoms with Crippen LogP contribution in [0.15, 0.2) is 42.5 Å². The van der Waals surface area contributed by atoms with Crippen molar-refractivity contribution >= 4 is 23.2 Å². The lowest BCUT2D eigenvalue weighted by Gasteiger charge is -2.04. The van der Waals surface area contributed by atoms with E-state index < -0.39 is 23.8 Å². The van der Waals surface area contributed by atoms with Crippen molar-refractivity contribution in [1.82, 2.24) is 0 Å². The molecule has 102 valence electrons. The molecule has 1 N–H and O–H groups in total. The van der Waals surface area contributed by atoms with E-state index in [1.807, 2.05) is 0 Å². The maximum absolute atomic E-state index is 13.0. The van der Waals surface area contributed by atoms with Crippen LogP contribution in [-0.2, 0) is 0 Å². The van der Waals surface area contributed by atoms with Gasteiger partial charge in [-0.05, 0) is 42.5 Å². The van der Waals surface area contributed by atoms with Crippen LogP contribution in [0.3, 0.4) is 0 Å². The van der Waals surface area contributed by atoms with Gasteiger partial charge in [0.15, 0.2) is 11.6 Å². The summed E-state index contributed by atoms with van der Waals surface area (Å²) in [7, 11) is 0. The molecule has 2 aromatic rings. The first-order valence-electron chi connectivity index (χ1n) is 5.78. The number of ketones is 2. The molecule has 0 aromatic heterocycles. The number of halogens is 2. The van der Waals surface area contributed by atoms with Crippen LogP contribution in [0.2, 0.25) is 5.02 Å². The number of rotatable bonds is 4. The van der Waals surface area contributed by atoms with Gasteiger partial charge >= 0.3 is 0 Å². The minimum atomic E-state index is -0.648. The number of carbonyl (C=O) groups is 2. The van der Waals surface area contributed by atoms with Crippen LogP contribution in [0, 0.1) is 5.82 Å². The Morgan fingerprint density at radius 2 is 1.70 bits per heavy atom. The molecule has 0 unspecified atom stereocenters. The molecule has 0 saturated carbocycles. The van der Waals surface area contributed by atoms with Crippen LogP contribution in [-0.4, -0.2) is 16.7 Å². The van der Waals surface area contributed by atoms with E-state index >= 15 is 0 Å². The molecule has 0 fully saturated rings. The summed E-state index contributed by atoms with van der Waals surface area (Å²) in [6.07, 6.45) is -0.446. The lowest BCUT2D eigenvalue weighted by molar-refractivity contribution is 0.0892. The highest BCUT2D eigenvalue weighted by Gasteiger charge is 2.17. The van der Waals surface area contributed by atoms with E-state index in [0.717, 1.165) is 18.2 Å². The second-order valence-electron chi connectivity index (χ2n) is 4.19.